The number of nitrogens with zero attached hydrogens (tertiary/aromatic N) is 3. The third kappa shape index (κ3) is 3.57. The summed E-state index contributed by atoms with van der Waals surface area (Å²) < 4.78 is 7.12. The Kier molecular flexibility index (Phi) is 4.99. The number of nitrogens with one attached hydrogen (secondary N) is 1. The molecule has 1 N–H and O–H groups in total. The number of benzene rings is 1. The van der Waals surface area contributed by atoms with Gasteiger partial charge in [-0.15, -0.1) is 16.4 Å². The molecule has 0 radical (unpaired) electrons. The number of carbonyl (C=O) groups is 1. The lowest BCUT2D eigenvalue weighted by Crippen LogP contribution is -2.36. The van der Waals surface area contributed by atoms with Crippen LogP contribution in [0.25, 0.3) is 10.2 Å². The largest absolute Gasteiger partial charge is 0.369 e. The van der Waals surface area contributed by atoms with Crippen molar-refractivity contribution < 1.29 is 9.53 Å². The summed E-state index contributed by atoms with van der Waals surface area (Å²) in [6.07, 6.45) is 1.53. The number of thiophene rings is 1. The second kappa shape index (κ2) is 7.44. The standard InChI is InChI=1S/C20H22N4O3S/c1-3-20(2)9-14-15(12-27-20)28-18-17(14)19(26)24(23-22-18)11-16(25)21-10-13-7-5-4-6-8-13/h4-8H,3,9-12H2,1-2H3,(H,21,25)/t20-/m0/s1. The van der Waals surface area contributed by atoms with Crippen LogP contribution >= 0.6 is 11.3 Å². The minimum atomic E-state index is -0.283. The van der Waals surface area contributed by atoms with Crippen molar-refractivity contribution in [2.75, 3.05) is 0 Å². The number of hydrogen-bond donors (Lipinski definition) is 1. The predicted octanol–water partition coefficient (Wildman–Crippen LogP) is 2.41. The molecule has 28 heavy (non-hydrogen) atoms. The molecular weight excluding hydrogens is 376 g/mol. The van der Waals surface area contributed by atoms with E-state index in [4.69, 9.17) is 4.74 Å². The zero-order chi connectivity index (χ0) is 19.7. The predicted molar refractivity (Wildman–Crippen MR) is 107 cm³/mol. The van der Waals surface area contributed by atoms with E-state index in [0.717, 1.165) is 27.1 Å². The molecule has 1 atom stereocenters. The monoisotopic (exact) mass is 398 g/mol. The highest BCUT2D eigenvalue weighted by Gasteiger charge is 2.33. The first-order chi connectivity index (χ1) is 13.5. The van der Waals surface area contributed by atoms with Gasteiger partial charge < -0.3 is 10.1 Å². The van der Waals surface area contributed by atoms with E-state index in [-0.39, 0.29) is 23.6 Å². The van der Waals surface area contributed by atoms with Gasteiger partial charge in [0.1, 0.15) is 6.54 Å². The number of aromatic nitrogens is 3. The molecule has 0 saturated carbocycles. The van der Waals surface area contributed by atoms with Crippen molar-refractivity contribution in [2.24, 2.45) is 0 Å². The van der Waals surface area contributed by atoms with Crippen LogP contribution < -0.4 is 10.9 Å². The van der Waals surface area contributed by atoms with Crippen molar-refractivity contribution in [2.45, 2.75) is 52.0 Å². The molecule has 2 aromatic heterocycles. The number of amides is 1. The first-order valence-corrected chi connectivity index (χ1v) is 10.1. The van der Waals surface area contributed by atoms with Crippen molar-refractivity contribution in [1.29, 1.82) is 0 Å². The highest BCUT2D eigenvalue weighted by atomic mass is 32.1. The molecule has 7 nitrogen and oxygen atoms in total. The van der Waals surface area contributed by atoms with Gasteiger partial charge in [0.05, 0.1) is 17.6 Å². The molecular formula is C20H22N4O3S. The van der Waals surface area contributed by atoms with Crippen LogP contribution in [0.2, 0.25) is 0 Å². The SMILES string of the molecule is CC[C@@]1(C)Cc2c(sc3nnn(CC(=O)NCc4ccccc4)c(=O)c23)CO1. The zero-order valence-electron chi connectivity index (χ0n) is 15.9. The molecule has 0 bridgehead atoms. The lowest BCUT2D eigenvalue weighted by atomic mass is 9.90. The normalized spacial score (nSPS) is 18.8. The maximum atomic E-state index is 13.0. The van der Waals surface area contributed by atoms with E-state index >= 15 is 0 Å². The Balaban J connectivity index is 1.57. The molecule has 0 saturated heterocycles. The number of rotatable bonds is 5. The van der Waals surface area contributed by atoms with E-state index in [9.17, 15) is 9.59 Å². The van der Waals surface area contributed by atoms with Gasteiger partial charge in [0.2, 0.25) is 5.91 Å². The summed E-state index contributed by atoms with van der Waals surface area (Å²) in [6.45, 7) is 4.88. The molecule has 1 aliphatic heterocycles. The topological polar surface area (TPSA) is 86.1 Å². The average Bonchev–Trinajstić information content (AvgIpc) is 3.07. The van der Waals surface area contributed by atoms with Crippen LogP contribution in [0.5, 0.6) is 0 Å². The van der Waals surface area contributed by atoms with Gasteiger partial charge in [0.25, 0.3) is 5.56 Å². The van der Waals surface area contributed by atoms with Crippen molar-refractivity contribution in [3.63, 3.8) is 0 Å². The van der Waals surface area contributed by atoms with Gasteiger partial charge in [-0.1, -0.05) is 42.5 Å². The summed E-state index contributed by atoms with van der Waals surface area (Å²) >= 11 is 1.45. The third-order valence-electron chi connectivity index (χ3n) is 5.24. The van der Waals surface area contributed by atoms with Gasteiger partial charge in [-0.25, -0.2) is 4.68 Å². The Hall–Kier alpha value is -2.58. The van der Waals surface area contributed by atoms with Gasteiger partial charge in [-0.3, -0.25) is 9.59 Å². The van der Waals surface area contributed by atoms with Crippen molar-refractivity contribution in [1.82, 2.24) is 20.3 Å². The van der Waals surface area contributed by atoms with E-state index < -0.39 is 0 Å². The average molecular weight is 398 g/mol. The Morgan fingerprint density at radius 3 is 2.89 bits per heavy atom. The van der Waals surface area contributed by atoms with E-state index in [1.54, 1.807) is 0 Å². The molecule has 146 valence electrons. The summed E-state index contributed by atoms with van der Waals surface area (Å²) in [5.74, 6) is -0.273. The van der Waals surface area contributed by atoms with Crippen molar-refractivity contribution in [3.05, 3.63) is 56.7 Å². The van der Waals surface area contributed by atoms with Crippen LogP contribution in [0.15, 0.2) is 35.1 Å². The maximum absolute atomic E-state index is 13.0. The molecule has 0 spiro atoms. The summed E-state index contributed by atoms with van der Waals surface area (Å²) in [5.41, 5.74) is 1.44. The minimum absolute atomic E-state index is 0.152. The fourth-order valence-electron chi connectivity index (χ4n) is 3.34. The van der Waals surface area contributed by atoms with E-state index in [2.05, 4.69) is 29.5 Å². The van der Waals surface area contributed by atoms with Gasteiger partial charge in [-0.05, 0) is 24.5 Å². The molecule has 1 aromatic carbocycles. The molecule has 0 fully saturated rings. The number of fused-ring (bicyclic) bond motifs is 3. The van der Waals surface area contributed by atoms with E-state index in [0.29, 0.717) is 29.8 Å². The lowest BCUT2D eigenvalue weighted by molar-refractivity contribution is -0.122. The maximum Gasteiger partial charge on any atom is 0.279 e. The Morgan fingerprint density at radius 1 is 1.36 bits per heavy atom. The Morgan fingerprint density at radius 2 is 2.14 bits per heavy atom. The van der Waals surface area contributed by atoms with Gasteiger partial charge >= 0.3 is 0 Å². The number of carbonyl (C=O) groups excluding carboxylic acids is 1. The summed E-state index contributed by atoms with van der Waals surface area (Å²) in [7, 11) is 0. The van der Waals surface area contributed by atoms with Crippen LogP contribution in [0.1, 0.15) is 36.3 Å². The molecule has 0 unspecified atom stereocenters. The Labute approximate surface area is 166 Å². The lowest BCUT2D eigenvalue weighted by Gasteiger charge is -2.32. The molecule has 4 rings (SSSR count). The fraction of sp³-hybridized carbons (Fsp3) is 0.400. The molecule has 1 amide bonds. The zero-order valence-corrected chi connectivity index (χ0v) is 16.7. The molecule has 3 aromatic rings. The van der Waals surface area contributed by atoms with Crippen LogP contribution in [0.4, 0.5) is 0 Å². The summed E-state index contributed by atoms with van der Waals surface area (Å²) in [5, 5.41) is 11.5. The minimum Gasteiger partial charge on any atom is -0.369 e. The van der Waals surface area contributed by atoms with Crippen molar-refractivity contribution >= 4 is 27.5 Å². The number of hydrogen-bond acceptors (Lipinski definition) is 6. The van der Waals surface area contributed by atoms with Crippen LogP contribution in [0.3, 0.4) is 0 Å². The van der Waals surface area contributed by atoms with Gasteiger partial charge in [0.15, 0.2) is 4.83 Å². The van der Waals surface area contributed by atoms with Crippen LogP contribution in [-0.4, -0.2) is 26.5 Å². The molecule has 8 heteroatoms. The van der Waals surface area contributed by atoms with Crippen molar-refractivity contribution in [3.8, 4) is 0 Å². The fourth-order valence-corrected chi connectivity index (χ4v) is 4.38. The quantitative estimate of drug-likeness (QED) is 0.713. The molecule has 0 aliphatic carbocycles. The Bertz CT molecular complexity index is 1080. The second-order valence-corrected chi connectivity index (χ2v) is 8.35. The summed E-state index contributed by atoms with van der Waals surface area (Å²) in [4.78, 5) is 26.9. The highest BCUT2D eigenvalue weighted by molar-refractivity contribution is 7.18. The van der Waals surface area contributed by atoms with E-state index in [1.165, 1.54) is 11.3 Å². The van der Waals surface area contributed by atoms with E-state index in [1.807, 2.05) is 30.3 Å². The summed E-state index contributed by atoms with van der Waals surface area (Å²) in [6, 6.07) is 9.62. The third-order valence-corrected chi connectivity index (χ3v) is 6.33. The molecule has 3 heterocycles. The molecule has 1 aliphatic rings. The second-order valence-electron chi connectivity index (χ2n) is 7.27. The van der Waals surface area contributed by atoms with Crippen LogP contribution in [0, 0.1) is 0 Å². The van der Waals surface area contributed by atoms with Crippen LogP contribution in [-0.2, 0) is 35.6 Å². The van der Waals surface area contributed by atoms with Gasteiger partial charge in [0, 0.05) is 17.8 Å². The number of ether oxygens (including phenoxy) is 1. The first-order valence-electron chi connectivity index (χ1n) is 9.32. The first kappa shape index (κ1) is 18.8. The van der Waals surface area contributed by atoms with Gasteiger partial charge in [-0.2, -0.15) is 0 Å². The highest BCUT2D eigenvalue weighted by Crippen LogP contribution is 2.37. The smallest absolute Gasteiger partial charge is 0.279 e.